The first kappa shape index (κ1) is 14.3. The zero-order valence-electron chi connectivity index (χ0n) is 13.0. The fourth-order valence-corrected chi connectivity index (χ4v) is 2.45. The van der Waals surface area contributed by atoms with E-state index in [0.29, 0.717) is 5.41 Å². The van der Waals surface area contributed by atoms with Gasteiger partial charge in [-0.25, -0.2) is 0 Å². The average Bonchev–Trinajstić information content (AvgIpc) is 2.67. The van der Waals surface area contributed by atoms with E-state index in [9.17, 15) is 0 Å². The molecule has 1 fully saturated rings. The van der Waals surface area contributed by atoms with Crippen molar-refractivity contribution in [3.63, 3.8) is 0 Å². The maximum Gasteiger partial charge on any atom is 0.0562 e. The highest BCUT2D eigenvalue weighted by Gasteiger charge is 2.29. The van der Waals surface area contributed by atoms with Crippen LogP contribution in [0.2, 0.25) is 0 Å². The molecule has 3 nitrogen and oxygen atoms in total. The Labute approximate surface area is 117 Å². The van der Waals surface area contributed by atoms with E-state index in [1.165, 1.54) is 12.1 Å². The van der Waals surface area contributed by atoms with Gasteiger partial charge in [0.15, 0.2) is 0 Å². The zero-order chi connectivity index (χ0) is 14.1. The number of aromatic nitrogens is 1. The molecule has 1 aliphatic heterocycles. The van der Waals surface area contributed by atoms with Gasteiger partial charge in [0.05, 0.1) is 5.69 Å². The molecule has 2 rings (SSSR count). The van der Waals surface area contributed by atoms with Gasteiger partial charge in [0.1, 0.15) is 0 Å². The first-order valence-corrected chi connectivity index (χ1v) is 7.20. The van der Waals surface area contributed by atoms with Gasteiger partial charge in [0, 0.05) is 37.1 Å². The van der Waals surface area contributed by atoms with Crippen molar-refractivity contribution in [1.29, 1.82) is 0 Å². The predicted octanol–water partition coefficient (Wildman–Crippen LogP) is 3.21. The summed E-state index contributed by atoms with van der Waals surface area (Å²) in [6.45, 7) is 14.4. The maximum absolute atomic E-state index is 4.46. The molecule has 1 saturated heterocycles. The molecule has 0 radical (unpaired) electrons. The fourth-order valence-electron chi connectivity index (χ4n) is 2.45. The first-order chi connectivity index (χ1) is 8.75. The number of hydrogen-bond acceptors (Lipinski definition) is 3. The first-order valence-electron chi connectivity index (χ1n) is 7.20. The Hall–Kier alpha value is -1.09. The lowest BCUT2D eigenvalue weighted by molar-refractivity contribution is 0.418. The molecule has 0 atom stereocenters. The van der Waals surface area contributed by atoms with Crippen LogP contribution in [-0.2, 0) is 6.54 Å². The molecule has 0 saturated carbocycles. The molecule has 1 aliphatic rings. The standard InChI is InChI=1S/C16H27N3/c1-15(2,3)18-11-13-10-14(6-8-17-13)19-9-7-16(4,5)12-19/h6,8,10,18H,7,9,11-12H2,1-5H3. The van der Waals surface area contributed by atoms with E-state index < -0.39 is 0 Å². The Balaban J connectivity index is 2.03. The van der Waals surface area contributed by atoms with Crippen molar-refractivity contribution >= 4 is 5.69 Å². The van der Waals surface area contributed by atoms with Crippen LogP contribution in [0.5, 0.6) is 0 Å². The molecule has 1 aromatic heterocycles. The average molecular weight is 261 g/mol. The molecule has 0 amide bonds. The van der Waals surface area contributed by atoms with Gasteiger partial charge in [-0.1, -0.05) is 13.8 Å². The molecule has 2 heterocycles. The molecule has 0 aromatic carbocycles. The Morgan fingerprint density at radius 3 is 2.68 bits per heavy atom. The van der Waals surface area contributed by atoms with Gasteiger partial charge in [-0.3, -0.25) is 4.98 Å². The molecule has 19 heavy (non-hydrogen) atoms. The topological polar surface area (TPSA) is 28.2 Å². The SMILES string of the molecule is CC1(C)CCN(c2ccnc(CNC(C)(C)C)c2)C1. The van der Waals surface area contributed by atoms with Crippen LogP contribution < -0.4 is 10.2 Å². The lowest BCUT2D eigenvalue weighted by Gasteiger charge is -2.23. The van der Waals surface area contributed by atoms with E-state index in [2.05, 4.69) is 62.0 Å². The summed E-state index contributed by atoms with van der Waals surface area (Å²) in [5, 5.41) is 3.49. The van der Waals surface area contributed by atoms with Crippen LogP contribution in [0.1, 0.15) is 46.7 Å². The molecule has 1 aromatic rings. The van der Waals surface area contributed by atoms with Crippen LogP contribution in [0.15, 0.2) is 18.3 Å². The van der Waals surface area contributed by atoms with E-state index in [0.717, 1.165) is 25.3 Å². The van der Waals surface area contributed by atoms with E-state index in [1.807, 2.05) is 6.20 Å². The number of pyridine rings is 1. The normalized spacial score (nSPS) is 18.9. The molecular weight excluding hydrogens is 234 g/mol. The number of hydrogen-bond donors (Lipinski definition) is 1. The second-order valence-electron chi connectivity index (χ2n) is 7.44. The van der Waals surface area contributed by atoms with Crippen molar-refractivity contribution in [2.75, 3.05) is 18.0 Å². The highest BCUT2D eigenvalue weighted by molar-refractivity contribution is 5.47. The smallest absolute Gasteiger partial charge is 0.0562 e. The monoisotopic (exact) mass is 261 g/mol. The number of nitrogens with one attached hydrogen (secondary N) is 1. The number of rotatable bonds is 3. The van der Waals surface area contributed by atoms with Crippen molar-refractivity contribution < 1.29 is 0 Å². The third-order valence-corrected chi connectivity index (χ3v) is 3.64. The Kier molecular flexibility index (Phi) is 3.86. The van der Waals surface area contributed by atoms with Crippen molar-refractivity contribution in [3.8, 4) is 0 Å². The van der Waals surface area contributed by atoms with Gasteiger partial charge < -0.3 is 10.2 Å². The molecular formula is C16H27N3. The Morgan fingerprint density at radius 2 is 2.11 bits per heavy atom. The number of nitrogens with zero attached hydrogens (tertiary/aromatic N) is 2. The van der Waals surface area contributed by atoms with Gasteiger partial charge >= 0.3 is 0 Å². The van der Waals surface area contributed by atoms with Crippen LogP contribution in [0.25, 0.3) is 0 Å². The van der Waals surface area contributed by atoms with Crippen LogP contribution >= 0.6 is 0 Å². The third-order valence-electron chi connectivity index (χ3n) is 3.64. The summed E-state index contributed by atoms with van der Waals surface area (Å²) in [6.07, 6.45) is 3.20. The lowest BCUT2D eigenvalue weighted by atomic mass is 9.93. The summed E-state index contributed by atoms with van der Waals surface area (Å²) in [5.74, 6) is 0. The van der Waals surface area contributed by atoms with Gasteiger partial charge in [0.2, 0.25) is 0 Å². The predicted molar refractivity (Wildman–Crippen MR) is 81.4 cm³/mol. The highest BCUT2D eigenvalue weighted by Crippen LogP contribution is 2.32. The van der Waals surface area contributed by atoms with Crippen molar-refractivity contribution in [3.05, 3.63) is 24.0 Å². The highest BCUT2D eigenvalue weighted by atomic mass is 15.2. The third kappa shape index (κ3) is 4.20. The summed E-state index contributed by atoms with van der Waals surface area (Å²) in [7, 11) is 0. The molecule has 0 spiro atoms. The summed E-state index contributed by atoms with van der Waals surface area (Å²) in [5.41, 5.74) is 3.00. The van der Waals surface area contributed by atoms with Crippen LogP contribution in [0, 0.1) is 5.41 Å². The zero-order valence-corrected chi connectivity index (χ0v) is 13.0. The molecule has 3 heteroatoms. The minimum atomic E-state index is 0.132. The minimum Gasteiger partial charge on any atom is -0.371 e. The summed E-state index contributed by atoms with van der Waals surface area (Å²) < 4.78 is 0. The van der Waals surface area contributed by atoms with Crippen LogP contribution in [0.3, 0.4) is 0 Å². The van der Waals surface area contributed by atoms with Crippen molar-refractivity contribution in [2.24, 2.45) is 5.41 Å². The molecule has 0 bridgehead atoms. The minimum absolute atomic E-state index is 0.132. The quantitative estimate of drug-likeness (QED) is 0.905. The molecule has 106 valence electrons. The van der Waals surface area contributed by atoms with E-state index in [-0.39, 0.29) is 5.54 Å². The molecule has 0 aliphatic carbocycles. The van der Waals surface area contributed by atoms with Crippen molar-refractivity contribution in [1.82, 2.24) is 10.3 Å². The van der Waals surface area contributed by atoms with Crippen LogP contribution in [0.4, 0.5) is 5.69 Å². The Bertz CT molecular complexity index is 432. The van der Waals surface area contributed by atoms with Gasteiger partial charge in [-0.15, -0.1) is 0 Å². The second-order valence-corrected chi connectivity index (χ2v) is 7.44. The second kappa shape index (κ2) is 5.12. The van der Waals surface area contributed by atoms with E-state index >= 15 is 0 Å². The van der Waals surface area contributed by atoms with Gasteiger partial charge in [-0.2, -0.15) is 0 Å². The van der Waals surface area contributed by atoms with Crippen LogP contribution in [-0.4, -0.2) is 23.6 Å². The summed E-state index contributed by atoms with van der Waals surface area (Å²) in [6, 6.07) is 4.35. The van der Waals surface area contributed by atoms with Crippen molar-refractivity contribution in [2.45, 2.75) is 53.1 Å². The summed E-state index contributed by atoms with van der Waals surface area (Å²) >= 11 is 0. The Morgan fingerprint density at radius 1 is 1.37 bits per heavy atom. The molecule has 0 unspecified atom stereocenters. The number of anilines is 1. The van der Waals surface area contributed by atoms with E-state index in [4.69, 9.17) is 0 Å². The summed E-state index contributed by atoms with van der Waals surface area (Å²) in [4.78, 5) is 6.94. The van der Waals surface area contributed by atoms with Gasteiger partial charge in [-0.05, 0) is 44.7 Å². The maximum atomic E-state index is 4.46. The fraction of sp³-hybridized carbons (Fsp3) is 0.688. The lowest BCUT2D eigenvalue weighted by Crippen LogP contribution is -2.35. The van der Waals surface area contributed by atoms with E-state index in [1.54, 1.807) is 0 Å². The molecule has 1 N–H and O–H groups in total. The van der Waals surface area contributed by atoms with Gasteiger partial charge in [0.25, 0.3) is 0 Å². The largest absolute Gasteiger partial charge is 0.371 e.